The lowest BCUT2D eigenvalue weighted by Gasteiger charge is -2.32. The second-order valence-electron chi connectivity index (χ2n) is 5.43. The molecule has 0 radical (unpaired) electrons. The van der Waals surface area contributed by atoms with E-state index < -0.39 is 0 Å². The lowest BCUT2D eigenvalue weighted by Crippen LogP contribution is -2.47. The van der Waals surface area contributed by atoms with Crippen molar-refractivity contribution in [3.63, 3.8) is 0 Å². The molecule has 1 aliphatic rings. The molecule has 0 spiro atoms. The second-order valence-corrected chi connectivity index (χ2v) is 6.38. The van der Waals surface area contributed by atoms with Gasteiger partial charge < -0.3 is 15.0 Å². The topological polar surface area (TPSA) is 58.6 Å². The van der Waals surface area contributed by atoms with Crippen LogP contribution in [0.5, 0.6) is 0 Å². The SMILES string of the molecule is COC[C@H](C)NC(=O)[C@H]1CCCN(C(=O)c2cccs2)C1. The Morgan fingerprint density at radius 3 is 3.05 bits per heavy atom. The van der Waals surface area contributed by atoms with Crippen molar-refractivity contribution in [2.24, 2.45) is 5.92 Å². The summed E-state index contributed by atoms with van der Waals surface area (Å²) < 4.78 is 5.02. The van der Waals surface area contributed by atoms with E-state index in [0.29, 0.717) is 13.2 Å². The van der Waals surface area contributed by atoms with Gasteiger partial charge in [-0.15, -0.1) is 11.3 Å². The van der Waals surface area contributed by atoms with Crippen LogP contribution in [0.25, 0.3) is 0 Å². The molecule has 1 saturated heterocycles. The Labute approximate surface area is 129 Å². The standard InChI is InChI=1S/C15H22N2O3S/c1-11(10-20-2)16-14(18)12-5-3-7-17(9-12)15(19)13-6-4-8-21-13/h4,6,8,11-12H,3,5,7,9-10H2,1-2H3,(H,16,18)/t11-,12-/m0/s1. The van der Waals surface area contributed by atoms with Gasteiger partial charge in [-0.25, -0.2) is 0 Å². The Morgan fingerprint density at radius 2 is 2.38 bits per heavy atom. The minimum absolute atomic E-state index is 0.00845. The number of carbonyl (C=O) groups is 2. The molecule has 1 aromatic rings. The molecule has 1 aliphatic heterocycles. The maximum absolute atomic E-state index is 12.3. The molecule has 5 nitrogen and oxygen atoms in total. The number of nitrogens with zero attached hydrogens (tertiary/aromatic N) is 1. The second kappa shape index (κ2) is 7.56. The van der Waals surface area contributed by atoms with Crippen LogP contribution >= 0.6 is 11.3 Å². The van der Waals surface area contributed by atoms with Crippen molar-refractivity contribution < 1.29 is 14.3 Å². The molecule has 0 saturated carbocycles. The molecule has 2 atom stereocenters. The lowest BCUT2D eigenvalue weighted by molar-refractivity contribution is -0.127. The normalized spacial score (nSPS) is 20.1. The molecule has 1 N–H and O–H groups in total. The van der Waals surface area contributed by atoms with Crippen molar-refractivity contribution in [2.75, 3.05) is 26.8 Å². The van der Waals surface area contributed by atoms with Gasteiger partial charge >= 0.3 is 0 Å². The zero-order valence-electron chi connectivity index (χ0n) is 12.5. The minimum Gasteiger partial charge on any atom is -0.383 e. The van der Waals surface area contributed by atoms with Crippen molar-refractivity contribution in [3.05, 3.63) is 22.4 Å². The fourth-order valence-electron chi connectivity index (χ4n) is 2.58. The number of methoxy groups -OCH3 is 1. The molecular weight excluding hydrogens is 288 g/mol. The Balaban J connectivity index is 1.91. The molecule has 6 heteroatoms. The first-order chi connectivity index (χ1) is 10.1. The number of thiophene rings is 1. The van der Waals surface area contributed by atoms with Gasteiger partial charge in [0.25, 0.3) is 5.91 Å². The Hall–Kier alpha value is -1.40. The predicted octanol–water partition coefficient (Wildman–Crippen LogP) is 1.75. The molecule has 2 heterocycles. The number of ether oxygens (including phenoxy) is 1. The molecule has 0 bridgehead atoms. The Morgan fingerprint density at radius 1 is 1.57 bits per heavy atom. The fraction of sp³-hybridized carbons (Fsp3) is 0.600. The van der Waals surface area contributed by atoms with Gasteiger partial charge in [-0.05, 0) is 31.2 Å². The van der Waals surface area contributed by atoms with E-state index in [1.54, 1.807) is 12.0 Å². The molecule has 0 aliphatic carbocycles. The van der Waals surface area contributed by atoms with Crippen LogP contribution in [0.15, 0.2) is 17.5 Å². The van der Waals surface area contributed by atoms with Crippen LogP contribution in [0.4, 0.5) is 0 Å². The fourth-order valence-corrected chi connectivity index (χ4v) is 3.27. The molecule has 2 amide bonds. The summed E-state index contributed by atoms with van der Waals surface area (Å²) in [4.78, 5) is 27.1. The Kier molecular flexibility index (Phi) is 5.76. The van der Waals surface area contributed by atoms with E-state index in [9.17, 15) is 9.59 Å². The van der Waals surface area contributed by atoms with Gasteiger partial charge in [-0.3, -0.25) is 9.59 Å². The van der Waals surface area contributed by atoms with E-state index in [2.05, 4.69) is 5.32 Å². The average Bonchev–Trinajstić information content (AvgIpc) is 3.01. The van der Waals surface area contributed by atoms with Gasteiger partial charge in [-0.1, -0.05) is 6.07 Å². The quantitative estimate of drug-likeness (QED) is 0.901. The first kappa shape index (κ1) is 16.0. The van der Waals surface area contributed by atoms with Crippen LogP contribution in [0, 0.1) is 5.92 Å². The molecule has 21 heavy (non-hydrogen) atoms. The minimum atomic E-state index is -0.123. The highest BCUT2D eigenvalue weighted by molar-refractivity contribution is 7.12. The van der Waals surface area contributed by atoms with Crippen LogP contribution in [0.3, 0.4) is 0 Å². The third kappa shape index (κ3) is 4.28. The van der Waals surface area contributed by atoms with Crippen molar-refractivity contribution in [3.8, 4) is 0 Å². The van der Waals surface area contributed by atoms with Crippen LogP contribution in [0.2, 0.25) is 0 Å². The number of piperidine rings is 1. The predicted molar refractivity (Wildman–Crippen MR) is 82.4 cm³/mol. The number of hydrogen-bond acceptors (Lipinski definition) is 4. The number of likely N-dealkylation sites (tertiary alicyclic amines) is 1. The molecular formula is C15H22N2O3S. The smallest absolute Gasteiger partial charge is 0.263 e. The van der Waals surface area contributed by atoms with Crippen LogP contribution < -0.4 is 5.32 Å². The number of carbonyl (C=O) groups excluding carboxylic acids is 2. The lowest BCUT2D eigenvalue weighted by atomic mass is 9.96. The summed E-state index contributed by atoms with van der Waals surface area (Å²) in [6.45, 7) is 3.64. The summed E-state index contributed by atoms with van der Waals surface area (Å²) >= 11 is 1.44. The summed E-state index contributed by atoms with van der Waals surface area (Å²) in [6, 6.07) is 3.70. The zero-order valence-corrected chi connectivity index (χ0v) is 13.3. The molecule has 0 unspecified atom stereocenters. The average molecular weight is 310 g/mol. The number of amides is 2. The zero-order chi connectivity index (χ0) is 15.2. The van der Waals surface area contributed by atoms with Crippen molar-refractivity contribution in [2.45, 2.75) is 25.8 Å². The van der Waals surface area contributed by atoms with E-state index in [1.165, 1.54) is 11.3 Å². The van der Waals surface area contributed by atoms with Gasteiger partial charge in [0, 0.05) is 26.2 Å². The van der Waals surface area contributed by atoms with Crippen LogP contribution in [-0.4, -0.2) is 49.6 Å². The summed E-state index contributed by atoms with van der Waals surface area (Å²) in [5.74, 6) is -0.0716. The van der Waals surface area contributed by atoms with Gasteiger partial charge in [0.1, 0.15) is 0 Å². The number of rotatable bonds is 5. The van der Waals surface area contributed by atoms with Crippen molar-refractivity contribution in [1.29, 1.82) is 0 Å². The Bertz CT molecular complexity index is 475. The highest BCUT2D eigenvalue weighted by Crippen LogP contribution is 2.20. The highest BCUT2D eigenvalue weighted by Gasteiger charge is 2.29. The third-order valence-corrected chi connectivity index (χ3v) is 4.47. The van der Waals surface area contributed by atoms with Crippen LogP contribution in [0.1, 0.15) is 29.4 Å². The molecule has 116 valence electrons. The summed E-state index contributed by atoms with van der Waals surface area (Å²) in [5.41, 5.74) is 0. The largest absolute Gasteiger partial charge is 0.383 e. The van der Waals surface area contributed by atoms with Crippen molar-refractivity contribution in [1.82, 2.24) is 10.2 Å². The maximum Gasteiger partial charge on any atom is 0.263 e. The van der Waals surface area contributed by atoms with Gasteiger partial charge in [-0.2, -0.15) is 0 Å². The molecule has 1 aromatic heterocycles. The molecule has 1 fully saturated rings. The van der Waals surface area contributed by atoms with E-state index in [1.807, 2.05) is 24.4 Å². The third-order valence-electron chi connectivity index (χ3n) is 3.62. The van der Waals surface area contributed by atoms with E-state index in [0.717, 1.165) is 24.3 Å². The van der Waals surface area contributed by atoms with Gasteiger partial charge in [0.15, 0.2) is 0 Å². The summed E-state index contributed by atoms with van der Waals surface area (Å²) in [5, 5.41) is 4.84. The first-order valence-corrected chi connectivity index (χ1v) is 8.12. The van der Waals surface area contributed by atoms with Crippen molar-refractivity contribution >= 4 is 23.2 Å². The summed E-state index contributed by atoms with van der Waals surface area (Å²) in [7, 11) is 1.62. The van der Waals surface area contributed by atoms with Gasteiger partial charge in [0.2, 0.25) is 5.91 Å². The van der Waals surface area contributed by atoms with Crippen LogP contribution in [-0.2, 0) is 9.53 Å². The highest BCUT2D eigenvalue weighted by atomic mass is 32.1. The van der Waals surface area contributed by atoms with E-state index in [4.69, 9.17) is 4.74 Å². The first-order valence-electron chi connectivity index (χ1n) is 7.24. The number of hydrogen-bond donors (Lipinski definition) is 1. The number of nitrogens with one attached hydrogen (secondary N) is 1. The van der Waals surface area contributed by atoms with Gasteiger partial charge in [0.05, 0.1) is 17.4 Å². The van der Waals surface area contributed by atoms with E-state index in [-0.39, 0.29) is 23.8 Å². The monoisotopic (exact) mass is 310 g/mol. The molecule has 2 rings (SSSR count). The molecule has 0 aromatic carbocycles. The maximum atomic E-state index is 12.3. The summed E-state index contributed by atoms with van der Waals surface area (Å²) in [6.07, 6.45) is 1.70. The van der Waals surface area contributed by atoms with E-state index >= 15 is 0 Å².